The van der Waals surface area contributed by atoms with Gasteiger partial charge in [0.15, 0.2) is 5.96 Å². The van der Waals surface area contributed by atoms with Crippen molar-refractivity contribution in [2.75, 3.05) is 13.1 Å². The lowest BCUT2D eigenvalue weighted by atomic mass is 10.1. The quantitative estimate of drug-likeness (QED) is 0.334. The zero-order chi connectivity index (χ0) is 18.2. The summed E-state index contributed by atoms with van der Waals surface area (Å²) >= 11 is 1.81. The Morgan fingerprint density at radius 3 is 2.62 bits per heavy atom. The van der Waals surface area contributed by atoms with Crippen molar-refractivity contribution in [3.63, 3.8) is 0 Å². The van der Waals surface area contributed by atoms with E-state index >= 15 is 0 Å². The van der Waals surface area contributed by atoms with Crippen LogP contribution in [0.25, 0.3) is 0 Å². The van der Waals surface area contributed by atoms with E-state index in [2.05, 4.69) is 60.9 Å². The molecule has 2 aromatic heterocycles. The molecule has 0 saturated heterocycles. The molecule has 0 aliphatic rings. The molecular weight excluding hydrogens is 457 g/mol. The molecule has 2 aromatic rings. The van der Waals surface area contributed by atoms with Gasteiger partial charge in [0.1, 0.15) is 0 Å². The Morgan fingerprint density at radius 1 is 1.27 bits per heavy atom. The van der Waals surface area contributed by atoms with Gasteiger partial charge in [0.05, 0.1) is 12.2 Å². The van der Waals surface area contributed by atoms with Gasteiger partial charge in [-0.15, -0.1) is 35.3 Å². The number of nitrogens with one attached hydrogen (secondary N) is 2. The Kier molecular flexibility index (Phi) is 10.2. The molecule has 0 fully saturated rings. The van der Waals surface area contributed by atoms with Crippen LogP contribution in [0.1, 0.15) is 55.4 Å². The number of thiophene rings is 1. The van der Waals surface area contributed by atoms with E-state index in [9.17, 15) is 0 Å². The molecular formula is C19H32IN5S. The van der Waals surface area contributed by atoms with E-state index in [-0.39, 0.29) is 24.0 Å². The van der Waals surface area contributed by atoms with Gasteiger partial charge in [-0.05, 0) is 31.2 Å². The van der Waals surface area contributed by atoms with E-state index < -0.39 is 0 Å². The predicted octanol–water partition coefficient (Wildman–Crippen LogP) is 4.08. The first-order valence-electron chi connectivity index (χ1n) is 9.19. The zero-order valence-corrected chi connectivity index (χ0v) is 19.6. The van der Waals surface area contributed by atoms with E-state index in [4.69, 9.17) is 4.99 Å². The summed E-state index contributed by atoms with van der Waals surface area (Å²) in [6.45, 7) is 11.1. The number of guanidine groups is 1. The van der Waals surface area contributed by atoms with Crippen molar-refractivity contribution in [1.29, 1.82) is 0 Å². The Morgan fingerprint density at radius 2 is 2.04 bits per heavy atom. The molecule has 0 radical (unpaired) electrons. The molecule has 1 atom stereocenters. The molecule has 0 saturated carbocycles. The molecule has 146 valence electrons. The standard InChI is InChI=1S/C19H31N5S.HI/c1-6-16-15(17(7-2)24(5)23-16)13-22-19(20-8-3)21-12-14(4)18-10-9-11-25-18;/h9-11,14H,6-8,12-13H2,1-5H3,(H2,20,21,22);1H. The Balaban J connectivity index is 0.00000338. The maximum Gasteiger partial charge on any atom is 0.191 e. The first-order chi connectivity index (χ1) is 12.1. The van der Waals surface area contributed by atoms with Crippen LogP contribution in [0.3, 0.4) is 0 Å². The summed E-state index contributed by atoms with van der Waals surface area (Å²) in [4.78, 5) is 6.21. The van der Waals surface area contributed by atoms with Crippen LogP contribution in [0.5, 0.6) is 0 Å². The van der Waals surface area contributed by atoms with Crippen molar-refractivity contribution in [2.45, 2.75) is 53.0 Å². The van der Waals surface area contributed by atoms with Crippen LogP contribution in [0.15, 0.2) is 22.5 Å². The third kappa shape index (κ3) is 5.97. The molecule has 0 aliphatic heterocycles. The van der Waals surface area contributed by atoms with Crippen LogP contribution in [-0.4, -0.2) is 28.8 Å². The van der Waals surface area contributed by atoms with E-state index in [0.717, 1.165) is 37.6 Å². The van der Waals surface area contributed by atoms with E-state index in [1.807, 2.05) is 23.1 Å². The van der Waals surface area contributed by atoms with Crippen molar-refractivity contribution in [3.05, 3.63) is 39.3 Å². The van der Waals surface area contributed by atoms with Gasteiger partial charge in [-0.2, -0.15) is 5.10 Å². The van der Waals surface area contributed by atoms with Crippen LogP contribution < -0.4 is 10.6 Å². The molecule has 2 N–H and O–H groups in total. The van der Waals surface area contributed by atoms with Gasteiger partial charge < -0.3 is 10.6 Å². The molecule has 1 unspecified atom stereocenters. The second-order valence-corrected chi connectivity index (χ2v) is 7.17. The molecule has 2 heterocycles. The summed E-state index contributed by atoms with van der Waals surface area (Å²) in [5.74, 6) is 1.35. The highest BCUT2D eigenvalue weighted by Gasteiger charge is 2.13. The Hall–Kier alpha value is -1.09. The fourth-order valence-electron chi connectivity index (χ4n) is 2.99. The number of hydrogen-bond donors (Lipinski definition) is 2. The average Bonchev–Trinajstić information content (AvgIpc) is 3.24. The molecule has 0 spiro atoms. The molecule has 26 heavy (non-hydrogen) atoms. The maximum absolute atomic E-state index is 4.81. The monoisotopic (exact) mass is 489 g/mol. The van der Waals surface area contributed by atoms with Gasteiger partial charge in [-0.1, -0.05) is 26.8 Å². The van der Waals surface area contributed by atoms with Gasteiger partial charge >= 0.3 is 0 Å². The van der Waals surface area contributed by atoms with Gasteiger partial charge in [0.25, 0.3) is 0 Å². The highest BCUT2D eigenvalue weighted by Crippen LogP contribution is 2.20. The average molecular weight is 489 g/mol. The third-order valence-corrected chi connectivity index (χ3v) is 5.48. The predicted molar refractivity (Wildman–Crippen MR) is 123 cm³/mol. The largest absolute Gasteiger partial charge is 0.357 e. The third-order valence-electron chi connectivity index (χ3n) is 4.37. The zero-order valence-electron chi connectivity index (χ0n) is 16.5. The summed E-state index contributed by atoms with van der Waals surface area (Å²) in [5, 5.41) is 13.6. The van der Waals surface area contributed by atoms with Crippen molar-refractivity contribution in [2.24, 2.45) is 12.0 Å². The first kappa shape index (κ1) is 23.0. The molecule has 7 heteroatoms. The number of rotatable bonds is 8. The maximum atomic E-state index is 4.81. The first-order valence-corrected chi connectivity index (χ1v) is 10.1. The number of halogens is 1. The summed E-state index contributed by atoms with van der Waals surface area (Å²) in [6.07, 6.45) is 1.92. The van der Waals surface area contributed by atoms with Crippen molar-refractivity contribution >= 4 is 41.3 Å². The van der Waals surface area contributed by atoms with Gasteiger partial charge in [-0.3, -0.25) is 4.68 Å². The number of aliphatic imine (C=N–C) groups is 1. The number of hydrogen-bond acceptors (Lipinski definition) is 3. The van der Waals surface area contributed by atoms with Crippen LogP contribution in [0, 0.1) is 0 Å². The smallest absolute Gasteiger partial charge is 0.191 e. The minimum Gasteiger partial charge on any atom is -0.357 e. The second-order valence-electron chi connectivity index (χ2n) is 6.20. The number of nitrogens with zero attached hydrogens (tertiary/aromatic N) is 3. The summed E-state index contributed by atoms with van der Waals surface area (Å²) < 4.78 is 2.00. The Bertz CT molecular complexity index is 678. The minimum atomic E-state index is 0. The molecule has 0 bridgehead atoms. The van der Waals surface area contributed by atoms with Gasteiger partial charge in [0.2, 0.25) is 0 Å². The number of aromatic nitrogens is 2. The SMILES string of the molecule is CCNC(=NCc1c(CC)nn(C)c1CC)NCC(C)c1cccs1.I. The lowest BCUT2D eigenvalue weighted by molar-refractivity contribution is 0.702. The van der Waals surface area contributed by atoms with E-state index in [1.165, 1.54) is 16.1 Å². The topological polar surface area (TPSA) is 54.2 Å². The lowest BCUT2D eigenvalue weighted by Gasteiger charge is -2.15. The fraction of sp³-hybridized carbons (Fsp3) is 0.579. The second kappa shape index (κ2) is 11.6. The van der Waals surface area contributed by atoms with Crippen LogP contribution in [-0.2, 0) is 26.4 Å². The van der Waals surface area contributed by atoms with Crippen LogP contribution in [0.4, 0.5) is 0 Å². The van der Waals surface area contributed by atoms with Crippen molar-refractivity contribution in [1.82, 2.24) is 20.4 Å². The summed E-state index contributed by atoms with van der Waals surface area (Å²) in [5.41, 5.74) is 3.71. The van der Waals surface area contributed by atoms with Gasteiger partial charge in [-0.25, -0.2) is 4.99 Å². The Labute approximate surface area is 178 Å². The molecule has 0 aromatic carbocycles. The minimum absolute atomic E-state index is 0. The lowest BCUT2D eigenvalue weighted by Crippen LogP contribution is -2.39. The van der Waals surface area contributed by atoms with Crippen molar-refractivity contribution < 1.29 is 0 Å². The highest BCUT2D eigenvalue weighted by molar-refractivity contribution is 14.0. The highest BCUT2D eigenvalue weighted by atomic mass is 127. The molecule has 0 amide bonds. The van der Waals surface area contributed by atoms with Gasteiger partial charge in [0, 0.05) is 42.2 Å². The van der Waals surface area contributed by atoms with Crippen LogP contribution in [0.2, 0.25) is 0 Å². The molecule has 2 rings (SSSR count). The van der Waals surface area contributed by atoms with E-state index in [1.54, 1.807) is 0 Å². The summed E-state index contributed by atoms with van der Waals surface area (Å²) in [7, 11) is 2.03. The van der Waals surface area contributed by atoms with E-state index in [0.29, 0.717) is 12.5 Å². The normalized spacial score (nSPS) is 12.6. The summed E-state index contributed by atoms with van der Waals surface area (Å²) in [6, 6.07) is 4.30. The fourth-order valence-corrected chi connectivity index (χ4v) is 3.78. The number of aryl methyl sites for hydroxylation is 2. The molecule has 0 aliphatic carbocycles. The van der Waals surface area contributed by atoms with Crippen molar-refractivity contribution in [3.8, 4) is 0 Å². The molecule has 5 nitrogen and oxygen atoms in total. The van der Waals surface area contributed by atoms with Crippen LogP contribution >= 0.6 is 35.3 Å².